The molecule has 0 atom stereocenters. The Hall–Kier alpha value is -0.0151. The Kier molecular flexibility index (Phi) is 4.24. The maximum Gasteiger partial charge on any atom is 0.296 e. The highest BCUT2D eigenvalue weighted by Gasteiger charge is 2.36. The highest BCUT2D eigenvalue weighted by molar-refractivity contribution is 6.29. The summed E-state index contributed by atoms with van der Waals surface area (Å²) in [7, 11) is 1.96. The van der Waals surface area contributed by atoms with Crippen LogP contribution >= 0.6 is 0 Å². The van der Waals surface area contributed by atoms with E-state index in [1.807, 2.05) is 21.3 Å². The van der Waals surface area contributed by atoms with Crippen LogP contribution in [0.5, 0.6) is 0 Å². The second kappa shape index (κ2) is 4.88. The number of hydrogen-bond acceptors (Lipinski definition) is 2. The van der Waals surface area contributed by atoms with Crippen LogP contribution in [0.1, 0.15) is 59.8 Å². The zero-order valence-corrected chi connectivity index (χ0v) is 10.5. The summed E-state index contributed by atoms with van der Waals surface area (Å²) in [6.07, 6.45) is 6.46. The molecule has 0 bridgehead atoms. The van der Waals surface area contributed by atoms with E-state index < -0.39 is 11.2 Å². The van der Waals surface area contributed by atoms with Gasteiger partial charge in [0.1, 0.15) is 0 Å². The Morgan fingerprint density at radius 1 is 1.07 bits per heavy atom. The summed E-state index contributed by atoms with van der Waals surface area (Å²) in [4.78, 5) is 0. The molecular weight excluding hydrogens is 187 g/mol. The van der Waals surface area contributed by atoms with Crippen molar-refractivity contribution in [1.82, 2.24) is 0 Å². The average molecular weight is 211 g/mol. The van der Waals surface area contributed by atoms with E-state index in [0.29, 0.717) is 5.82 Å². The van der Waals surface area contributed by atoms with Crippen molar-refractivity contribution in [3.8, 4) is 0 Å². The molecule has 0 saturated heterocycles. The van der Waals surface area contributed by atoms with Gasteiger partial charge in [0.25, 0.3) is 7.48 Å². The summed E-state index contributed by atoms with van der Waals surface area (Å²) in [6.45, 7) is 7.46. The minimum Gasteiger partial charge on any atom is -0.433 e. The third-order valence-corrected chi connectivity index (χ3v) is 3.68. The zero-order chi connectivity index (χ0) is 11.5. The Morgan fingerprint density at radius 3 is 2.07 bits per heavy atom. The smallest absolute Gasteiger partial charge is 0.296 e. The van der Waals surface area contributed by atoms with Crippen LogP contribution in [0.2, 0.25) is 5.82 Å². The number of rotatable bonds is 4. The third kappa shape index (κ3) is 3.80. The van der Waals surface area contributed by atoms with E-state index in [2.05, 4.69) is 0 Å². The van der Waals surface area contributed by atoms with Gasteiger partial charge in [0.15, 0.2) is 0 Å². The molecule has 1 radical (unpaired) electrons. The molecule has 2 nitrogen and oxygen atoms in total. The van der Waals surface area contributed by atoms with Crippen LogP contribution in [0.25, 0.3) is 0 Å². The van der Waals surface area contributed by atoms with E-state index in [0.717, 1.165) is 0 Å². The zero-order valence-electron chi connectivity index (χ0n) is 10.5. The van der Waals surface area contributed by atoms with Crippen LogP contribution in [0.4, 0.5) is 0 Å². The molecule has 0 aromatic carbocycles. The second-order valence-corrected chi connectivity index (χ2v) is 5.72. The minimum atomic E-state index is -0.807. The van der Waals surface area contributed by atoms with Gasteiger partial charge in [-0.25, -0.2) is 0 Å². The van der Waals surface area contributed by atoms with E-state index in [1.54, 1.807) is 13.8 Å². The van der Waals surface area contributed by atoms with Crippen molar-refractivity contribution in [1.29, 1.82) is 0 Å². The van der Waals surface area contributed by atoms with E-state index >= 15 is 0 Å². The van der Waals surface area contributed by atoms with Crippen molar-refractivity contribution in [3.63, 3.8) is 0 Å². The molecule has 1 rings (SSSR count). The summed E-state index contributed by atoms with van der Waals surface area (Å²) < 4.78 is 5.76. The van der Waals surface area contributed by atoms with Gasteiger partial charge in [-0.15, -0.1) is 0 Å². The summed E-state index contributed by atoms with van der Waals surface area (Å²) in [6, 6.07) is 0. The lowest BCUT2D eigenvalue weighted by Crippen LogP contribution is -2.48. The number of aliphatic hydroxyl groups is 1. The molecule has 15 heavy (non-hydrogen) atoms. The van der Waals surface area contributed by atoms with Gasteiger partial charge in [0, 0.05) is 0 Å². The molecule has 1 saturated carbocycles. The first-order valence-corrected chi connectivity index (χ1v) is 6.06. The SMILES string of the molecule is CC(C)(O)C(C)(C)O[B]C1CCCCC1. The molecule has 0 aliphatic heterocycles. The van der Waals surface area contributed by atoms with Crippen LogP contribution < -0.4 is 0 Å². The summed E-state index contributed by atoms with van der Waals surface area (Å²) in [5, 5.41) is 9.93. The Morgan fingerprint density at radius 2 is 1.60 bits per heavy atom. The molecule has 1 aliphatic carbocycles. The average Bonchev–Trinajstić information content (AvgIpc) is 2.15. The molecule has 0 unspecified atom stereocenters. The minimum absolute atomic E-state index is 0.509. The maximum atomic E-state index is 9.93. The molecule has 0 aromatic heterocycles. The highest BCUT2D eigenvalue weighted by atomic mass is 16.5. The molecule has 0 aromatic rings. The fourth-order valence-electron chi connectivity index (χ4n) is 1.68. The van der Waals surface area contributed by atoms with E-state index in [-0.39, 0.29) is 0 Å². The largest absolute Gasteiger partial charge is 0.433 e. The molecule has 0 amide bonds. The molecule has 0 heterocycles. The van der Waals surface area contributed by atoms with Crippen LogP contribution in [-0.2, 0) is 4.65 Å². The first-order chi connectivity index (χ1) is 6.83. The predicted octanol–water partition coefficient (Wildman–Crippen LogP) is 2.92. The van der Waals surface area contributed by atoms with Gasteiger partial charge in [-0.3, -0.25) is 0 Å². The summed E-state index contributed by atoms with van der Waals surface area (Å²) >= 11 is 0. The normalized spacial score (nSPS) is 20.3. The maximum absolute atomic E-state index is 9.93. The van der Waals surface area contributed by atoms with Crippen LogP contribution in [-0.4, -0.2) is 23.8 Å². The molecule has 1 N–H and O–H groups in total. The Bertz CT molecular complexity index is 190. The van der Waals surface area contributed by atoms with Gasteiger partial charge in [-0.1, -0.05) is 32.1 Å². The van der Waals surface area contributed by atoms with Crippen molar-refractivity contribution < 1.29 is 9.76 Å². The number of hydrogen-bond donors (Lipinski definition) is 1. The molecule has 87 valence electrons. The van der Waals surface area contributed by atoms with Gasteiger partial charge in [0.05, 0.1) is 11.2 Å². The monoisotopic (exact) mass is 211 g/mol. The van der Waals surface area contributed by atoms with E-state index in [1.165, 1.54) is 32.1 Å². The fraction of sp³-hybridized carbons (Fsp3) is 1.00. The lowest BCUT2D eigenvalue weighted by atomic mass is 9.69. The van der Waals surface area contributed by atoms with Gasteiger partial charge in [-0.05, 0) is 33.5 Å². The predicted molar refractivity (Wildman–Crippen MR) is 64.1 cm³/mol. The lowest BCUT2D eigenvalue weighted by Gasteiger charge is -2.38. The second-order valence-electron chi connectivity index (χ2n) is 5.72. The fourth-order valence-corrected chi connectivity index (χ4v) is 1.68. The first kappa shape index (κ1) is 13.1. The first-order valence-electron chi connectivity index (χ1n) is 6.06. The molecular formula is C12H24BO2. The topological polar surface area (TPSA) is 29.5 Å². The van der Waals surface area contributed by atoms with Crippen LogP contribution in [0.3, 0.4) is 0 Å². The van der Waals surface area contributed by atoms with E-state index in [9.17, 15) is 5.11 Å². The summed E-state index contributed by atoms with van der Waals surface area (Å²) in [5.74, 6) is 0.584. The van der Waals surface area contributed by atoms with Gasteiger partial charge in [0.2, 0.25) is 0 Å². The van der Waals surface area contributed by atoms with E-state index in [4.69, 9.17) is 4.65 Å². The van der Waals surface area contributed by atoms with Crippen LogP contribution in [0.15, 0.2) is 0 Å². The Balaban J connectivity index is 2.35. The molecule has 0 spiro atoms. The summed E-state index contributed by atoms with van der Waals surface area (Å²) in [5.41, 5.74) is -1.32. The third-order valence-electron chi connectivity index (χ3n) is 3.68. The van der Waals surface area contributed by atoms with Crippen LogP contribution in [0, 0.1) is 0 Å². The highest BCUT2D eigenvalue weighted by Crippen LogP contribution is 2.31. The van der Waals surface area contributed by atoms with Crippen molar-refractivity contribution in [2.24, 2.45) is 0 Å². The van der Waals surface area contributed by atoms with Gasteiger partial charge < -0.3 is 9.76 Å². The van der Waals surface area contributed by atoms with Gasteiger partial charge >= 0.3 is 0 Å². The molecule has 1 fully saturated rings. The van der Waals surface area contributed by atoms with Gasteiger partial charge in [-0.2, -0.15) is 0 Å². The standard InChI is InChI=1S/C12H24BO2/c1-11(2,14)12(3,4)15-13-10-8-6-5-7-9-10/h10,14H,5-9H2,1-4H3. The van der Waals surface area contributed by atoms with Crippen molar-refractivity contribution in [2.75, 3.05) is 0 Å². The van der Waals surface area contributed by atoms with Crippen molar-refractivity contribution >= 4 is 7.48 Å². The quantitative estimate of drug-likeness (QED) is 0.724. The van der Waals surface area contributed by atoms with Crippen molar-refractivity contribution in [2.45, 2.75) is 76.8 Å². The molecule has 3 heteroatoms. The Labute approximate surface area is 94.7 Å². The molecule has 1 aliphatic rings. The lowest BCUT2D eigenvalue weighted by molar-refractivity contribution is -0.0912. The van der Waals surface area contributed by atoms with Crippen molar-refractivity contribution in [3.05, 3.63) is 0 Å².